The average Bonchev–Trinajstić information content (AvgIpc) is 2.30. The summed E-state index contributed by atoms with van der Waals surface area (Å²) in [6, 6.07) is -1.71. The van der Waals surface area contributed by atoms with E-state index >= 15 is 0 Å². The maximum Gasteiger partial charge on any atom is 0.326 e. The first-order valence-corrected chi connectivity index (χ1v) is 6.20. The number of rotatable bonds is 8. The molecule has 0 aromatic heterocycles. The van der Waals surface area contributed by atoms with Crippen LogP contribution in [0.15, 0.2) is 12.7 Å². The van der Waals surface area contributed by atoms with E-state index in [1.807, 2.05) is 0 Å². The van der Waals surface area contributed by atoms with Crippen molar-refractivity contribution in [1.29, 1.82) is 0 Å². The van der Waals surface area contributed by atoms with Gasteiger partial charge in [-0.2, -0.15) is 0 Å². The first-order chi connectivity index (χ1) is 8.79. The van der Waals surface area contributed by atoms with Gasteiger partial charge in [-0.25, -0.2) is 4.79 Å². The molecule has 19 heavy (non-hydrogen) atoms. The normalized spacial score (nSPS) is 13.5. The fourth-order valence-corrected chi connectivity index (χ4v) is 1.56. The Bertz CT molecular complexity index is 353. The van der Waals surface area contributed by atoms with Crippen LogP contribution in [0.4, 0.5) is 0 Å². The molecule has 0 spiro atoms. The fourth-order valence-electron chi connectivity index (χ4n) is 1.56. The van der Waals surface area contributed by atoms with Crippen molar-refractivity contribution < 1.29 is 19.5 Å². The van der Waals surface area contributed by atoms with Crippen LogP contribution in [0.1, 0.15) is 33.6 Å². The van der Waals surface area contributed by atoms with Crippen LogP contribution >= 0.6 is 0 Å². The van der Waals surface area contributed by atoms with Crippen LogP contribution in [0.2, 0.25) is 0 Å². The molecule has 0 bridgehead atoms. The summed E-state index contributed by atoms with van der Waals surface area (Å²) in [6.07, 6.45) is 2.36. The summed E-state index contributed by atoms with van der Waals surface area (Å²) in [5, 5.41) is 14.0. The zero-order valence-electron chi connectivity index (χ0n) is 11.6. The molecular formula is C13H22N2O4. The number of carboxylic acids is 1. The highest BCUT2D eigenvalue weighted by Crippen LogP contribution is 2.05. The Morgan fingerprint density at radius 2 is 1.84 bits per heavy atom. The Kier molecular flexibility index (Phi) is 7.48. The minimum atomic E-state index is -1.10. The van der Waals surface area contributed by atoms with Gasteiger partial charge in [-0.1, -0.05) is 19.9 Å². The molecule has 0 aromatic rings. The molecule has 6 nitrogen and oxygen atoms in total. The van der Waals surface area contributed by atoms with Crippen molar-refractivity contribution in [2.24, 2.45) is 5.92 Å². The summed E-state index contributed by atoms with van der Waals surface area (Å²) >= 11 is 0. The Morgan fingerprint density at radius 3 is 2.21 bits per heavy atom. The van der Waals surface area contributed by atoms with Crippen LogP contribution in [-0.2, 0) is 14.4 Å². The van der Waals surface area contributed by atoms with Gasteiger partial charge in [0.2, 0.25) is 11.8 Å². The van der Waals surface area contributed by atoms with E-state index in [4.69, 9.17) is 5.11 Å². The zero-order chi connectivity index (χ0) is 15.0. The van der Waals surface area contributed by atoms with Crippen molar-refractivity contribution in [2.45, 2.75) is 45.7 Å². The van der Waals surface area contributed by atoms with E-state index in [2.05, 4.69) is 17.2 Å². The number of amides is 2. The quantitative estimate of drug-likeness (QED) is 0.565. The molecule has 0 saturated heterocycles. The molecule has 0 aliphatic carbocycles. The summed E-state index contributed by atoms with van der Waals surface area (Å²) in [6.45, 7) is 8.38. The van der Waals surface area contributed by atoms with Gasteiger partial charge >= 0.3 is 5.97 Å². The van der Waals surface area contributed by atoms with E-state index in [9.17, 15) is 14.4 Å². The van der Waals surface area contributed by atoms with Gasteiger partial charge in [-0.05, 0) is 18.8 Å². The summed E-state index contributed by atoms with van der Waals surface area (Å²) in [4.78, 5) is 34.0. The first kappa shape index (κ1) is 17.2. The van der Waals surface area contributed by atoms with Gasteiger partial charge in [-0.3, -0.25) is 9.59 Å². The summed E-state index contributed by atoms with van der Waals surface area (Å²) in [7, 11) is 0. The summed E-state index contributed by atoms with van der Waals surface area (Å²) in [5.41, 5.74) is 0. The smallest absolute Gasteiger partial charge is 0.326 e. The van der Waals surface area contributed by atoms with Crippen molar-refractivity contribution in [3.8, 4) is 0 Å². The van der Waals surface area contributed by atoms with Gasteiger partial charge in [0, 0.05) is 6.92 Å². The first-order valence-electron chi connectivity index (χ1n) is 6.20. The molecule has 2 atom stereocenters. The molecule has 0 aliphatic rings. The fraction of sp³-hybridized carbons (Fsp3) is 0.615. The van der Waals surface area contributed by atoms with Crippen molar-refractivity contribution in [1.82, 2.24) is 10.6 Å². The monoisotopic (exact) mass is 270 g/mol. The third-order valence-corrected chi connectivity index (χ3v) is 2.58. The molecule has 0 heterocycles. The number of allylic oxidation sites excluding steroid dienone is 1. The van der Waals surface area contributed by atoms with Crippen LogP contribution in [0.5, 0.6) is 0 Å². The highest BCUT2D eigenvalue weighted by atomic mass is 16.4. The van der Waals surface area contributed by atoms with E-state index in [0.717, 1.165) is 0 Å². The number of hydrogen-bond donors (Lipinski definition) is 3. The predicted molar refractivity (Wildman–Crippen MR) is 71.4 cm³/mol. The van der Waals surface area contributed by atoms with E-state index < -0.39 is 24.0 Å². The number of carbonyl (C=O) groups excluding carboxylic acids is 2. The number of carbonyl (C=O) groups is 3. The van der Waals surface area contributed by atoms with Crippen molar-refractivity contribution in [3.63, 3.8) is 0 Å². The molecule has 0 radical (unpaired) electrons. The van der Waals surface area contributed by atoms with Gasteiger partial charge in [0.1, 0.15) is 12.1 Å². The zero-order valence-corrected chi connectivity index (χ0v) is 11.6. The minimum Gasteiger partial charge on any atom is -0.480 e. The molecule has 0 fully saturated rings. The molecule has 0 saturated carbocycles. The molecule has 0 unspecified atom stereocenters. The molecule has 108 valence electrons. The molecule has 3 N–H and O–H groups in total. The van der Waals surface area contributed by atoms with Gasteiger partial charge in [0.05, 0.1) is 0 Å². The highest BCUT2D eigenvalue weighted by molar-refractivity contribution is 5.90. The molecular weight excluding hydrogens is 248 g/mol. The van der Waals surface area contributed by atoms with E-state index in [0.29, 0.717) is 6.42 Å². The second-order valence-corrected chi connectivity index (χ2v) is 4.69. The number of hydrogen-bond acceptors (Lipinski definition) is 3. The van der Waals surface area contributed by atoms with Crippen LogP contribution in [0.25, 0.3) is 0 Å². The Morgan fingerprint density at radius 1 is 1.26 bits per heavy atom. The standard InChI is InChI=1S/C13H22N2O4/c1-5-6-7-10(13(18)19)15-12(17)11(8(2)3)14-9(4)16/h5,8,10-11H,1,6-7H2,2-4H3,(H,14,16)(H,15,17)(H,18,19)/t10-,11+/m0/s1. The van der Waals surface area contributed by atoms with Crippen molar-refractivity contribution >= 4 is 17.8 Å². The number of aliphatic carboxylic acids is 1. The lowest BCUT2D eigenvalue weighted by Gasteiger charge is -2.23. The molecule has 0 aliphatic heterocycles. The summed E-state index contributed by atoms with van der Waals surface area (Å²) in [5.74, 6) is -2.04. The topological polar surface area (TPSA) is 95.5 Å². The second-order valence-electron chi connectivity index (χ2n) is 4.69. The Labute approximate surface area is 113 Å². The molecule has 0 rings (SSSR count). The van der Waals surface area contributed by atoms with E-state index in [-0.39, 0.29) is 18.2 Å². The third kappa shape index (κ3) is 6.59. The number of carboxylic acid groups (broad SMARTS) is 1. The Balaban J connectivity index is 4.70. The SMILES string of the molecule is C=CCC[C@H](NC(=O)[C@H](NC(C)=O)C(C)C)C(=O)O. The number of nitrogens with one attached hydrogen (secondary N) is 2. The van der Waals surface area contributed by atoms with Gasteiger partial charge in [0.15, 0.2) is 0 Å². The van der Waals surface area contributed by atoms with Crippen LogP contribution in [0, 0.1) is 5.92 Å². The molecule has 0 aromatic carbocycles. The van der Waals surface area contributed by atoms with Crippen molar-refractivity contribution in [3.05, 3.63) is 12.7 Å². The lowest BCUT2D eigenvalue weighted by Crippen LogP contribution is -2.53. The molecule has 6 heteroatoms. The lowest BCUT2D eigenvalue weighted by atomic mass is 10.0. The highest BCUT2D eigenvalue weighted by Gasteiger charge is 2.27. The van der Waals surface area contributed by atoms with Crippen LogP contribution in [0.3, 0.4) is 0 Å². The van der Waals surface area contributed by atoms with E-state index in [1.165, 1.54) is 6.92 Å². The largest absolute Gasteiger partial charge is 0.480 e. The third-order valence-electron chi connectivity index (χ3n) is 2.58. The second kappa shape index (κ2) is 8.29. The lowest BCUT2D eigenvalue weighted by molar-refractivity contribution is -0.142. The summed E-state index contributed by atoms with van der Waals surface area (Å²) < 4.78 is 0. The van der Waals surface area contributed by atoms with Crippen LogP contribution < -0.4 is 10.6 Å². The average molecular weight is 270 g/mol. The predicted octanol–water partition coefficient (Wildman–Crippen LogP) is 0.683. The molecule has 2 amide bonds. The van der Waals surface area contributed by atoms with Crippen LogP contribution in [-0.4, -0.2) is 35.0 Å². The Hall–Kier alpha value is -1.85. The van der Waals surface area contributed by atoms with Gasteiger partial charge < -0.3 is 15.7 Å². The van der Waals surface area contributed by atoms with Gasteiger partial charge in [-0.15, -0.1) is 6.58 Å². The maximum atomic E-state index is 12.0. The van der Waals surface area contributed by atoms with E-state index in [1.54, 1.807) is 19.9 Å². The minimum absolute atomic E-state index is 0.127. The van der Waals surface area contributed by atoms with Gasteiger partial charge in [0.25, 0.3) is 0 Å². The van der Waals surface area contributed by atoms with Crippen molar-refractivity contribution in [2.75, 3.05) is 0 Å². The maximum absolute atomic E-state index is 12.0.